The molecule has 2 unspecified atom stereocenters. The number of rotatable bonds is 7. The highest BCUT2D eigenvalue weighted by Gasteiger charge is 2.19. The molecule has 0 fully saturated rings. The Labute approximate surface area is 123 Å². The van der Waals surface area contributed by atoms with Crippen molar-refractivity contribution in [2.75, 3.05) is 20.6 Å². The third-order valence-electron chi connectivity index (χ3n) is 3.33. The molecular formula is C14H25FN2O2P+. The van der Waals surface area contributed by atoms with E-state index in [0.29, 0.717) is 10.9 Å². The number of carbonyl (C=O) groups is 1. The Morgan fingerprint density at radius 2 is 1.85 bits per heavy atom. The number of hydrogen-bond acceptors (Lipinski definition) is 2. The molecule has 3 N–H and O–H groups in total. The van der Waals surface area contributed by atoms with Crippen LogP contribution in [0.15, 0.2) is 24.3 Å². The number of halogens is 1. The number of benzene rings is 1. The average molecular weight is 303 g/mol. The van der Waals surface area contributed by atoms with Gasteiger partial charge in [0, 0.05) is 12.1 Å². The minimum atomic E-state index is -0.952. The van der Waals surface area contributed by atoms with Crippen molar-refractivity contribution in [3.63, 3.8) is 0 Å². The van der Waals surface area contributed by atoms with E-state index < -0.39 is 12.0 Å². The average Bonchev–Trinajstić information content (AvgIpc) is 2.34. The van der Waals surface area contributed by atoms with Crippen LogP contribution < -0.4 is 10.2 Å². The summed E-state index contributed by atoms with van der Waals surface area (Å²) in [5.74, 6) is -1.19. The van der Waals surface area contributed by atoms with E-state index in [1.807, 2.05) is 14.1 Å². The van der Waals surface area contributed by atoms with Crippen molar-refractivity contribution in [3.8, 4) is 0 Å². The van der Waals surface area contributed by atoms with E-state index in [1.165, 1.54) is 12.1 Å². The van der Waals surface area contributed by atoms with E-state index in [1.54, 1.807) is 12.1 Å². The van der Waals surface area contributed by atoms with Crippen molar-refractivity contribution in [3.05, 3.63) is 30.1 Å². The smallest absolute Gasteiger partial charge is 0.320 e. The summed E-state index contributed by atoms with van der Waals surface area (Å²) < 4.78 is 13.5. The minimum absolute atomic E-state index is 0. The molecule has 0 spiro atoms. The lowest BCUT2D eigenvalue weighted by atomic mass is 10.1. The molecule has 0 radical (unpaired) electrons. The maximum absolute atomic E-state index is 12.9. The molecule has 0 amide bonds. The van der Waals surface area contributed by atoms with E-state index in [4.69, 9.17) is 10.8 Å². The van der Waals surface area contributed by atoms with Crippen LogP contribution in [0.3, 0.4) is 0 Å². The molecule has 114 valence electrons. The lowest BCUT2D eigenvalue weighted by molar-refractivity contribution is -0.138. The molecule has 1 rings (SSSR count). The number of carboxylic acids is 1. The van der Waals surface area contributed by atoms with E-state index >= 15 is 0 Å². The summed E-state index contributed by atoms with van der Waals surface area (Å²) in [4.78, 5) is 10.6. The molecule has 0 bridgehead atoms. The van der Waals surface area contributed by atoms with Gasteiger partial charge in [0.1, 0.15) is 17.5 Å². The lowest BCUT2D eigenvalue weighted by Crippen LogP contribution is -2.41. The topological polar surface area (TPSA) is 63.3 Å². The van der Waals surface area contributed by atoms with Crippen molar-refractivity contribution in [1.29, 1.82) is 0 Å². The molecule has 1 aromatic carbocycles. The summed E-state index contributed by atoms with van der Waals surface area (Å²) in [6.45, 7) is 0.859. The molecule has 1 aromatic rings. The molecule has 0 aromatic heterocycles. The second-order valence-corrected chi connectivity index (χ2v) is 5.33. The van der Waals surface area contributed by atoms with Gasteiger partial charge >= 0.3 is 5.97 Å². The van der Waals surface area contributed by atoms with Gasteiger partial charge in [0.2, 0.25) is 0 Å². The van der Waals surface area contributed by atoms with E-state index in [-0.39, 0.29) is 15.7 Å². The van der Waals surface area contributed by atoms with Gasteiger partial charge in [-0.15, -0.1) is 0 Å². The van der Waals surface area contributed by atoms with Crippen molar-refractivity contribution in [1.82, 2.24) is 4.48 Å². The van der Waals surface area contributed by atoms with Crippen LogP contribution in [0.25, 0.3) is 0 Å². The molecule has 4 nitrogen and oxygen atoms in total. The second-order valence-electron chi connectivity index (χ2n) is 5.33. The van der Waals surface area contributed by atoms with Gasteiger partial charge in [0.05, 0.1) is 20.6 Å². The van der Waals surface area contributed by atoms with Gasteiger partial charge in [-0.1, -0.05) is 0 Å². The number of unbranched alkanes of at least 4 members (excludes halogenated alkanes) is 1. The summed E-state index contributed by atoms with van der Waals surface area (Å²) in [6.07, 6.45) is 2.14. The largest absolute Gasteiger partial charge is 0.480 e. The number of nitrogens with two attached hydrogens (primary N) is 1. The first-order valence-corrected chi connectivity index (χ1v) is 6.40. The summed E-state index contributed by atoms with van der Waals surface area (Å²) in [7, 11) is 4.09. The zero-order valence-corrected chi connectivity index (χ0v) is 13.6. The van der Waals surface area contributed by atoms with Gasteiger partial charge in [-0.25, -0.2) is 4.39 Å². The highest BCUT2D eigenvalue weighted by atomic mass is 31.0. The Kier molecular flexibility index (Phi) is 7.87. The highest BCUT2D eigenvalue weighted by Crippen LogP contribution is 2.20. The maximum Gasteiger partial charge on any atom is 0.320 e. The Morgan fingerprint density at radius 3 is 2.35 bits per heavy atom. The normalized spacial score (nSPS) is 12.6. The highest BCUT2D eigenvalue weighted by molar-refractivity contribution is 6.92. The first kappa shape index (κ1) is 19.0. The Balaban J connectivity index is 0.00000361. The third-order valence-corrected chi connectivity index (χ3v) is 3.33. The number of quaternary nitrogens is 1. The van der Waals surface area contributed by atoms with Crippen LogP contribution >= 0.6 is 9.90 Å². The van der Waals surface area contributed by atoms with Gasteiger partial charge in [-0.2, -0.15) is 9.90 Å². The molecule has 0 aliphatic carbocycles. The zero-order chi connectivity index (χ0) is 14.5. The predicted octanol–water partition coefficient (Wildman–Crippen LogP) is 2.03. The number of hydrogen-bond donors (Lipinski definition) is 2. The molecule has 2 atom stereocenters. The van der Waals surface area contributed by atoms with E-state index in [0.717, 1.165) is 25.1 Å². The Bertz CT molecular complexity index is 424. The second kappa shape index (κ2) is 8.30. The summed E-state index contributed by atoms with van der Waals surface area (Å²) in [5.41, 5.74) is 6.48. The molecule has 0 saturated carbocycles. The monoisotopic (exact) mass is 303 g/mol. The standard InChI is InChI=1S/C14H21FN2O2.H3P/c1-17(2,12-8-6-11(15)7-9-12)10-4-3-5-13(16)14(18)19;/h6-9,13H,3-5,10,16H2,1-2H3;1H3/p+1. The van der Waals surface area contributed by atoms with E-state index in [9.17, 15) is 9.18 Å². The molecular weight excluding hydrogens is 278 g/mol. The van der Waals surface area contributed by atoms with Crippen molar-refractivity contribution in [2.24, 2.45) is 5.73 Å². The lowest BCUT2D eigenvalue weighted by Gasteiger charge is -2.29. The zero-order valence-electron chi connectivity index (χ0n) is 12.2. The van der Waals surface area contributed by atoms with Gasteiger partial charge in [0.15, 0.2) is 0 Å². The summed E-state index contributed by atoms with van der Waals surface area (Å²) in [5, 5.41) is 8.68. The molecule has 20 heavy (non-hydrogen) atoms. The van der Waals surface area contributed by atoms with Gasteiger partial charge in [0.25, 0.3) is 0 Å². The molecule has 6 heteroatoms. The Hall–Kier alpha value is -1.03. The minimum Gasteiger partial charge on any atom is -0.480 e. The van der Waals surface area contributed by atoms with Gasteiger partial charge in [-0.3, -0.25) is 9.28 Å². The van der Waals surface area contributed by atoms with E-state index in [2.05, 4.69) is 0 Å². The molecule has 0 saturated heterocycles. The van der Waals surface area contributed by atoms with Crippen LogP contribution in [0.4, 0.5) is 10.1 Å². The molecule has 0 heterocycles. The van der Waals surface area contributed by atoms with Crippen molar-refractivity contribution >= 4 is 21.6 Å². The first-order valence-electron chi connectivity index (χ1n) is 6.40. The third kappa shape index (κ3) is 5.95. The van der Waals surface area contributed by atoms with Crippen LogP contribution in [0.5, 0.6) is 0 Å². The first-order chi connectivity index (χ1) is 8.83. The Morgan fingerprint density at radius 1 is 1.30 bits per heavy atom. The fourth-order valence-corrected chi connectivity index (χ4v) is 1.97. The van der Waals surface area contributed by atoms with Crippen molar-refractivity contribution < 1.29 is 14.3 Å². The van der Waals surface area contributed by atoms with Gasteiger partial charge < -0.3 is 10.8 Å². The van der Waals surface area contributed by atoms with Crippen LogP contribution in [0.1, 0.15) is 19.3 Å². The molecule has 0 aliphatic heterocycles. The van der Waals surface area contributed by atoms with Crippen LogP contribution in [-0.2, 0) is 4.79 Å². The number of carboxylic acid groups (broad SMARTS) is 1. The molecule has 0 aliphatic rings. The van der Waals surface area contributed by atoms with Crippen LogP contribution in [0.2, 0.25) is 0 Å². The fraction of sp³-hybridized carbons (Fsp3) is 0.500. The predicted molar refractivity (Wildman–Crippen MR) is 85.5 cm³/mol. The maximum atomic E-state index is 12.9. The van der Waals surface area contributed by atoms with Crippen LogP contribution in [-0.4, -0.2) is 37.8 Å². The number of nitrogens with zero attached hydrogens (tertiary/aromatic N) is 1. The fourth-order valence-electron chi connectivity index (χ4n) is 1.97. The van der Waals surface area contributed by atoms with Crippen LogP contribution in [0, 0.1) is 5.82 Å². The van der Waals surface area contributed by atoms with Gasteiger partial charge in [-0.05, 0) is 31.4 Å². The summed E-state index contributed by atoms with van der Waals surface area (Å²) >= 11 is 0. The van der Waals surface area contributed by atoms with Crippen molar-refractivity contribution in [2.45, 2.75) is 25.3 Å². The SMILES string of the molecule is C[N+](C)(CCCCC(N)C(=O)O)c1ccc(F)cc1.P. The number of aliphatic carboxylic acids is 1. The summed E-state index contributed by atoms with van der Waals surface area (Å²) in [6, 6.07) is 5.68. The quantitative estimate of drug-likeness (QED) is 0.460.